The molecule has 0 rings (SSSR count). The smallest absolute Gasteiger partial charge is 0.407 e. The van der Waals surface area contributed by atoms with Crippen LogP contribution in [0.15, 0.2) is 11.1 Å². The second-order valence-corrected chi connectivity index (χ2v) is 12.1. The van der Waals surface area contributed by atoms with Crippen LogP contribution < -0.4 is 5.32 Å². The summed E-state index contributed by atoms with van der Waals surface area (Å²) in [7, 11) is 0. The lowest BCUT2D eigenvalue weighted by Crippen LogP contribution is -2.46. The van der Waals surface area contributed by atoms with Crippen LogP contribution in [0, 0.1) is 23.2 Å². The van der Waals surface area contributed by atoms with Crippen molar-refractivity contribution in [2.75, 3.05) is 0 Å². The van der Waals surface area contributed by atoms with Gasteiger partial charge < -0.3 is 25.0 Å². The van der Waals surface area contributed by atoms with E-state index in [0.717, 1.165) is 6.42 Å². The van der Waals surface area contributed by atoms with E-state index in [1.807, 2.05) is 27.7 Å². The summed E-state index contributed by atoms with van der Waals surface area (Å²) in [4.78, 5) is 25.4. The molecule has 0 aromatic rings. The zero-order chi connectivity index (χ0) is 27.9. The maximum absolute atomic E-state index is 13.0. The number of rotatable bonds is 12. The number of carbonyl (C=O) groups excluding carboxylic acids is 2. The number of aliphatic hydroxyl groups is 2. The maximum Gasteiger partial charge on any atom is 0.407 e. The minimum Gasteiger partial charge on any atom is -0.458 e. The standard InChI is InChI=1S/C28H53NO6/c1-14-17(4)28(12,13)24(31)23(30)19(6)18(5)21(8)34-25(32)20(7)22(15-16(2)3)29-26(33)35-27(9,10)11/h16-17,20-24,30-31H,14-15H2,1-13H3,(H,29,33)/b19-18+/t17-,20?,21-,22-,23-,24-/m0/s1. The Morgan fingerprint density at radius 1 is 0.914 bits per heavy atom. The predicted octanol–water partition coefficient (Wildman–Crippen LogP) is 5.62. The van der Waals surface area contributed by atoms with Crippen LogP contribution in [0.2, 0.25) is 0 Å². The molecule has 206 valence electrons. The van der Waals surface area contributed by atoms with Crippen LogP contribution in [-0.4, -0.2) is 52.2 Å². The Morgan fingerprint density at radius 2 is 1.43 bits per heavy atom. The topological polar surface area (TPSA) is 105 Å². The summed E-state index contributed by atoms with van der Waals surface area (Å²) in [6.45, 7) is 24.5. The van der Waals surface area contributed by atoms with E-state index in [4.69, 9.17) is 9.47 Å². The highest BCUT2D eigenvalue weighted by Crippen LogP contribution is 2.36. The number of amides is 1. The molecule has 0 saturated carbocycles. The molecule has 0 bridgehead atoms. The number of hydrogen-bond donors (Lipinski definition) is 3. The summed E-state index contributed by atoms with van der Waals surface area (Å²) in [6.07, 6.45) is -1.71. The Kier molecular flexibility index (Phi) is 13.0. The van der Waals surface area contributed by atoms with Crippen LogP contribution in [-0.2, 0) is 14.3 Å². The summed E-state index contributed by atoms with van der Waals surface area (Å²) in [5.41, 5.74) is 0.158. The lowest BCUT2D eigenvalue weighted by atomic mass is 9.71. The van der Waals surface area contributed by atoms with Crippen molar-refractivity contribution in [1.29, 1.82) is 0 Å². The van der Waals surface area contributed by atoms with Gasteiger partial charge in [0.15, 0.2) is 0 Å². The molecule has 7 heteroatoms. The monoisotopic (exact) mass is 499 g/mol. The molecule has 35 heavy (non-hydrogen) atoms. The van der Waals surface area contributed by atoms with Crippen LogP contribution >= 0.6 is 0 Å². The van der Waals surface area contributed by atoms with Crippen LogP contribution in [0.4, 0.5) is 4.79 Å². The Labute approximate surface area is 214 Å². The van der Waals surface area contributed by atoms with Crippen LogP contribution in [0.25, 0.3) is 0 Å². The summed E-state index contributed by atoms with van der Waals surface area (Å²) in [6, 6.07) is -0.446. The molecule has 0 radical (unpaired) electrons. The van der Waals surface area contributed by atoms with E-state index in [9.17, 15) is 19.8 Å². The van der Waals surface area contributed by atoms with Gasteiger partial charge in [-0.3, -0.25) is 4.79 Å². The van der Waals surface area contributed by atoms with Gasteiger partial charge in [-0.25, -0.2) is 4.79 Å². The van der Waals surface area contributed by atoms with Crippen LogP contribution in [0.3, 0.4) is 0 Å². The van der Waals surface area contributed by atoms with E-state index in [1.54, 1.807) is 48.5 Å². The van der Waals surface area contributed by atoms with Gasteiger partial charge in [-0.2, -0.15) is 0 Å². The van der Waals surface area contributed by atoms with Crippen molar-refractivity contribution in [2.24, 2.45) is 23.2 Å². The first kappa shape index (κ1) is 33.4. The molecule has 0 aromatic carbocycles. The predicted molar refractivity (Wildman–Crippen MR) is 141 cm³/mol. The van der Waals surface area contributed by atoms with E-state index in [-0.39, 0.29) is 11.8 Å². The average molecular weight is 500 g/mol. The summed E-state index contributed by atoms with van der Waals surface area (Å²) >= 11 is 0. The Bertz CT molecular complexity index is 721. The fourth-order valence-electron chi connectivity index (χ4n) is 3.90. The largest absolute Gasteiger partial charge is 0.458 e. The molecular formula is C28H53NO6. The first-order chi connectivity index (χ1) is 15.8. The van der Waals surface area contributed by atoms with Crippen molar-refractivity contribution in [3.63, 3.8) is 0 Å². The molecule has 0 spiro atoms. The van der Waals surface area contributed by atoms with Crippen molar-refractivity contribution in [2.45, 2.75) is 133 Å². The average Bonchev–Trinajstić information content (AvgIpc) is 2.73. The normalized spacial score (nSPS) is 18.6. The molecule has 0 fully saturated rings. The Morgan fingerprint density at radius 3 is 1.86 bits per heavy atom. The molecule has 0 aliphatic rings. The lowest BCUT2D eigenvalue weighted by molar-refractivity contribution is -0.152. The second-order valence-electron chi connectivity index (χ2n) is 12.1. The molecule has 0 heterocycles. The zero-order valence-corrected chi connectivity index (χ0v) is 24.5. The van der Waals surface area contributed by atoms with Gasteiger partial charge in [0.05, 0.1) is 12.0 Å². The molecule has 0 aliphatic carbocycles. The molecule has 0 aromatic heterocycles. The zero-order valence-electron chi connectivity index (χ0n) is 24.5. The number of ether oxygens (including phenoxy) is 2. The number of hydrogen-bond acceptors (Lipinski definition) is 6. The van der Waals surface area contributed by atoms with Gasteiger partial charge in [-0.05, 0) is 83.3 Å². The van der Waals surface area contributed by atoms with E-state index in [0.29, 0.717) is 17.6 Å². The third-order valence-corrected chi connectivity index (χ3v) is 7.32. The van der Waals surface area contributed by atoms with Crippen molar-refractivity contribution < 1.29 is 29.3 Å². The summed E-state index contributed by atoms with van der Waals surface area (Å²) in [5.74, 6) is -0.578. The van der Waals surface area contributed by atoms with E-state index < -0.39 is 53.4 Å². The Hall–Kier alpha value is -1.60. The van der Waals surface area contributed by atoms with Gasteiger partial charge in [-0.15, -0.1) is 0 Å². The molecule has 6 atom stereocenters. The van der Waals surface area contributed by atoms with E-state index in [2.05, 4.69) is 19.2 Å². The first-order valence-electron chi connectivity index (χ1n) is 13.0. The third kappa shape index (κ3) is 10.5. The number of esters is 1. The lowest BCUT2D eigenvalue weighted by Gasteiger charge is -2.39. The van der Waals surface area contributed by atoms with Crippen molar-refractivity contribution >= 4 is 12.1 Å². The van der Waals surface area contributed by atoms with Gasteiger partial charge in [-0.1, -0.05) is 48.0 Å². The van der Waals surface area contributed by atoms with Crippen molar-refractivity contribution in [3.8, 4) is 0 Å². The maximum atomic E-state index is 13.0. The fraction of sp³-hybridized carbons (Fsp3) is 0.857. The SMILES string of the molecule is CC[C@H](C)C(C)(C)[C@@H](O)[C@@H](O)/C(C)=C(\C)[C@H](C)OC(=O)C(C)[C@H](CC(C)C)NC(=O)OC(C)(C)C. The second kappa shape index (κ2) is 13.6. The van der Waals surface area contributed by atoms with Gasteiger partial charge in [0.2, 0.25) is 0 Å². The molecule has 0 saturated heterocycles. The number of nitrogens with one attached hydrogen (secondary N) is 1. The van der Waals surface area contributed by atoms with Gasteiger partial charge in [0, 0.05) is 6.04 Å². The highest BCUT2D eigenvalue weighted by Gasteiger charge is 2.38. The van der Waals surface area contributed by atoms with Crippen LogP contribution in [0.5, 0.6) is 0 Å². The number of alkyl carbamates (subject to hydrolysis) is 1. The molecule has 3 N–H and O–H groups in total. The van der Waals surface area contributed by atoms with E-state index in [1.165, 1.54) is 0 Å². The fourth-order valence-corrected chi connectivity index (χ4v) is 3.90. The minimum atomic E-state index is -1.07. The molecule has 1 unspecified atom stereocenters. The van der Waals surface area contributed by atoms with Gasteiger partial charge in [0.1, 0.15) is 17.8 Å². The van der Waals surface area contributed by atoms with Gasteiger partial charge in [0.25, 0.3) is 0 Å². The molecule has 1 amide bonds. The van der Waals surface area contributed by atoms with E-state index >= 15 is 0 Å². The minimum absolute atomic E-state index is 0.215. The number of aliphatic hydroxyl groups excluding tert-OH is 2. The summed E-state index contributed by atoms with van der Waals surface area (Å²) < 4.78 is 11.1. The van der Waals surface area contributed by atoms with Crippen molar-refractivity contribution in [1.82, 2.24) is 5.32 Å². The molecular weight excluding hydrogens is 446 g/mol. The quantitative estimate of drug-likeness (QED) is 0.238. The molecule has 7 nitrogen and oxygen atoms in total. The summed E-state index contributed by atoms with van der Waals surface area (Å²) in [5, 5.41) is 24.6. The van der Waals surface area contributed by atoms with Crippen LogP contribution in [0.1, 0.15) is 103 Å². The van der Waals surface area contributed by atoms with Crippen molar-refractivity contribution in [3.05, 3.63) is 11.1 Å². The molecule has 0 aliphatic heterocycles. The number of carbonyl (C=O) groups is 2. The third-order valence-electron chi connectivity index (χ3n) is 7.32. The highest BCUT2D eigenvalue weighted by atomic mass is 16.6. The Balaban J connectivity index is 5.52. The van der Waals surface area contributed by atoms with Gasteiger partial charge >= 0.3 is 12.1 Å². The highest BCUT2D eigenvalue weighted by molar-refractivity contribution is 5.75. The first-order valence-corrected chi connectivity index (χ1v) is 13.0.